The van der Waals surface area contributed by atoms with E-state index in [-0.39, 0.29) is 30.3 Å². The van der Waals surface area contributed by atoms with Crippen LogP contribution in [0, 0.1) is 17.8 Å². The molecule has 0 aliphatic heterocycles. The number of nitrogens with two attached hydrogens (primary N) is 1. The standard InChI is InChI=1S/C17H20N4O.ClH/c18-16-12-5-4-11(8-12)15(16)17(22)20-13-3-1-2-10(9-13)14-6-7-19-21-14;/h1-3,6-7,9,11-12,15-16H,4-5,8,18H2,(H,19,21)(H,20,22);1H. The molecule has 4 rings (SSSR count). The van der Waals surface area contributed by atoms with E-state index in [1.165, 1.54) is 6.42 Å². The van der Waals surface area contributed by atoms with Crippen LogP contribution in [0.3, 0.4) is 0 Å². The second-order valence-electron chi connectivity index (χ2n) is 6.48. The zero-order chi connectivity index (χ0) is 15.1. The van der Waals surface area contributed by atoms with Crippen LogP contribution in [-0.4, -0.2) is 22.1 Å². The number of amides is 1. The van der Waals surface area contributed by atoms with Gasteiger partial charge in [-0.25, -0.2) is 0 Å². The molecule has 0 radical (unpaired) electrons. The number of aromatic nitrogens is 2. The smallest absolute Gasteiger partial charge is 0.229 e. The van der Waals surface area contributed by atoms with Gasteiger partial charge in [0.05, 0.1) is 11.6 Å². The summed E-state index contributed by atoms with van der Waals surface area (Å²) >= 11 is 0. The largest absolute Gasteiger partial charge is 0.327 e. The predicted octanol–water partition coefficient (Wildman–Crippen LogP) is 2.81. The van der Waals surface area contributed by atoms with Gasteiger partial charge in [0.1, 0.15) is 0 Å². The summed E-state index contributed by atoms with van der Waals surface area (Å²) in [6.45, 7) is 0. The van der Waals surface area contributed by atoms with Gasteiger partial charge in [0, 0.05) is 23.5 Å². The molecule has 4 atom stereocenters. The van der Waals surface area contributed by atoms with Crippen molar-refractivity contribution in [2.45, 2.75) is 25.3 Å². The Kier molecular flexibility index (Phi) is 4.41. The van der Waals surface area contributed by atoms with Crippen molar-refractivity contribution in [3.05, 3.63) is 36.5 Å². The number of benzene rings is 1. The van der Waals surface area contributed by atoms with Crippen molar-refractivity contribution in [2.24, 2.45) is 23.5 Å². The van der Waals surface area contributed by atoms with Crippen LogP contribution in [0.2, 0.25) is 0 Å². The van der Waals surface area contributed by atoms with Crippen molar-refractivity contribution in [3.63, 3.8) is 0 Å². The van der Waals surface area contributed by atoms with E-state index in [4.69, 9.17) is 5.73 Å². The molecule has 23 heavy (non-hydrogen) atoms. The molecule has 2 saturated carbocycles. The van der Waals surface area contributed by atoms with Gasteiger partial charge < -0.3 is 11.1 Å². The lowest BCUT2D eigenvalue weighted by Gasteiger charge is -2.27. The summed E-state index contributed by atoms with van der Waals surface area (Å²) in [5.41, 5.74) is 9.01. The van der Waals surface area contributed by atoms with Gasteiger partial charge in [0.15, 0.2) is 0 Å². The number of aromatic amines is 1. The molecule has 2 bridgehead atoms. The zero-order valence-electron chi connectivity index (χ0n) is 12.7. The maximum Gasteiger partial charge on any atom is 0.229 e. The molecule has 2 aliphatic rings. The van der Waals surface area contributed by atoms with Crippen LogP contribution >= 0.6 is 12.4 Å². The van der Waals surface area contributed by atoms with Gasteiger partial charge in [-0.3, -0.25) is 9.89 Å². The first-order valence-corrected chi connectivity index (χ1v) is 7.88. The molecule has 122 valence electrons. The van der Waals surface area contributed by atoms with Crippen molar-refractivity contribution < 1.29 is 4.79 Å². The van der Waals surface area contributed by atoms with E-state index in [0.717, 1.165) is 29.8 Å². The summed E-state index contributed by atoms with van der Waals surface area (Å²) < 4.78 is 0. The normalized spacial score (nSPS) is 28.4. The summed E-state index contributed by atoms with van der Waals surface area (Å²) in [6.07, 6.45) is 5.16. The first-order chi connectivity index (χ1) is 10.7. The van der Waals surface area contributed by atoms with E-state index >= 15 is 0 Å². The second-order valence-corrected chi connectivity index (χ2v) is 6.48. The molecular weight excluding hydrogens is 312 g/mol. The Hall–Kier alpha value is -1.85. The summed E-state index contributed by atoms with van der Waals surface area (Å²) in [7, 11) is 0. The van der Waals surface area contributed by atoms with Crippen LogP contribution in [0.1, 0.15) is 19.3 Å². The molecule has 5 nitrogen and oxygen atoms in total. The molecule has 2 aliphatic carbocycles. The fraction of sp³-hybridized carbons (Fsp3) is 0.412. The summed E-state index contributed by atoms with van der Waals surface area (Å²) in [6, 6.07) is 9.74. The number of carbonyl (C=O) groups is 1. The molecular formula is C17H21ClN4O. The van der Waals surface area contributed by atoms with Gasteiger partial charge in [-0.1, -0.05) is 12.1 Å². The number of rotatable bonds is 3. The van der Waals surface area contributed by atoms with Crippen molar-refractivity contribution in [3.8, 4) is 11.3 Å². The highest BCUT2D eigenvalue weighted by atomic mass is 35.5. The monoisotopic (exact) mass is 332 g/mol. The number of hydrogen-bond acceptors (Lipinski definition) is 3. The van der Waals surface area contributed by atoms with Crippen LogP contribution in [0.5, 0.6) is 0 Å². The second kappa shape index (κ2) is 6.34. The molecule has 4 N–H and O–H groups in total. The first-order valence-electron chi connectivity index (χ1n) is 7.88. The van der Waals surface area contributed by atoms with Crippen molar-refractivity contribution >= 4 is 24.0 Å². The van der Waals surface area contributed by atoms with E-state index < -0.39 is 0 Å². The number of hydrogen-bond donors (Lipinski definition) is 3. The van der Waals surface area contributed by atoms with Gasteiger partial charge in [-0.15, -0.1) is 12.4 Å². The summed E-state index contributed by atoms with van der Waals surface area (Å²) in [5.74, 6) is 1.05. The lowest BCUT2D eigenvalue weighted by Crippen LogP contribution is -2.42. The SMILES string of the molecule is Cl.NC1C2CCC(C2)C1C(=O)Nc1cccc(-c2ccn[nH]2)c1. The van der Waals surface area contributed by atoms with Crippen LogP contribution < -0.4 is 11.1 Å². The van der Waals surface area contributed by atoms with E-state index in [2.05, 4.69) is 15.5 Å². The fourth-order valence-corrected chi connectivity index (χ4v) is 4.13. The highest BCUT2D eigenvalue weighted by Crippen LogP contribution is 2.47. The van der Waals surface area contributed by atoms with Crippen LogP contribution in [0.25, 0.3) is 11.3 Å². The number of nitrogens with one attached hydrogen (secondary N) is 2. The molecule has 2 aromatic rings. The minimum absolute atomic E-state index is 0. The fourth-order valence-electron chi connectivity index (χ4n) is 4.13. The molecule has 1 aromatic carbocycles. The molecule has 1 amide bonds. The summed E-state index contributed by atoms with van der Waals surface area (Å²) in [5, 5.41) is 9.94. The highest BCUT2D eigenvalue weighted by Gasteiger charge is 2.49. The Bertz CT molecular complexity index is 686. The maximum absolute atomic E-state index is 12.6. The van der Waals surface area contributed by atoms with Gasteiger partial charge >= 0.3 is 0 Å². The number of H-pyrrole nitrogens is 1. The number of fused-ring (bicyclic) bond motifs is 2. The third-order valence-corrected chi connectivity index (χ3v) is 5.23. The summed E-state index contributed by atoms with van der Waals surface area (Å²) in [4.78, 5) is 12.6. The Labute approximate surface area is 141 Å². The van der Waals surface area contributed by atoms with E-state index in [1.54, 1.807) is 6.20 Å². The lowest BCUT2D eigenvalue weighted by atomic mass is 9.84. The molecule has 4 unspecified atom stereocenters. The first kappa shape index (κ1) is 16.0. The number of halogens is 1. The number of nitrogens with zero attached hydrogens (tertiary/aromatic N) is 1. The molecule has 1 heterocycles. The highest BCUT2D eigenvalue weighted by molar-refractivity contribution is 5.94. The Morgan fingerprint density at radius 3 is 2.78 bits per heavy atom. The lowest BCUT2D eigenvalue weighted by molar-refractivity contribution is -0.121. The maximum atomic E-state index is 12.6. The van der Waals surface area contributed by atoms with Crippen LogP contribution in [-0.2, 0) is 4.79 Å². The Morgan fingerprint density at radius 1 is 1.26 bits per heavy atom. The average Bonchev–Trinajstić information content (AvgIpc) is 3.24. The minimum atomic E-state index is -0.0328. The van der Waals surface area contributed by atoms with Crippen molar-refractivity contribution in [1.29, 1.82) is 0 Å². The molecule has 1 aromatic heterocycles. The van der Waals surface area contributed by atoms with Crippen molar-refractivity contribution in [2.75, 3.05) is 5.32 Å². The molecule has 0 spiro atoms. The minimum Gasteiger partial charge on any atom is -0.327 e. The van der Waals surface area contributed by atoms with Gasteiger partial charge in [0.2, 0.25) is 5.91 Å². The third-order valence-electron chi connectivity index (χ3n) is 5.23. The topological polar surface area (TPSA) is 83.8 Å². The number of carbonyl (C=O) groups excluding carboxylic acids is 1. The van der Waals surface area contributed by atoms with Gasteiger partial charge in [-0.2, -0.15) is 5.10 Å². The third kappa shape index (κ3) is 2.86. The Morgan fingerprint density at radius 2 is 2.09 bits per heavy atom. The quantitative estimate of drug-likeness (QED) is 0.808. The van der Waals surface area contributed by atoms with Gasteiger partial charge in [-0.05, 0) is 49.3 Å². The van der Waals surface area contributed by atoms with E-state index in [1.807, 2.05) is 30.3 Å². The number of anilines is 1. The molecule has 0 saturated heterocycles. The van der Waals surface area contributed by atoms with E-state index in [0.29, 0.717) is 11.8 Å². The van der Waals surface area contributed by atoms with E-state index in [9.17, 15) is 4.79 Å². The van der Waals surface area contributed by atoms with Crippen LogP contribution in [0.15, 0.2) is 36.5 Å². The Balaban J connectivity index is 0.00000156. The van der Waals surface area contributed by atoms with Crippen LogP contribution in [0.4, 0.5) is 5.69 Å². The van der Waals surface area contributed by atoms with Gasteiger partial charge in [0.25, 0.3) is 0 Å². The molecule has 6 heteroatoms. The predicted molar refractivity (Wildman–Crippen MR) is 92.2 cm³/mol. The molecule has 2 fully saturated rings. The van der Waals surface area contributed by atoms with Crippen molar-refractivity contribution in [1.82, 2.24) is 10.2 Å². The average molecular weight is 333 g/mol. The zero-order valence-corrected chi connectivity index (χ0v) is 13.6.